The smallest absolute Gasteiger partial charge is 0.254 e. The molecule has 2 rings (SSSR count). The van der Waals surface area contributed by atoms with E-state index in [2.05, 4.69) is 5.32 Å². The first-order valence-corrected chi connectivity index (χ1v) is 3.47. The van der Waals surface area contributed by atoms with Crippen LogP contribution in [0.2, 0.25) is 0 Å². The van der Waals surface area contributed by atoms with Gasteiger partial charge in [0, 0.05) is 5.56 Å². The van der Waals surface area contributed by atoms with E-state index in [9.17, 15) is 9.18 Å². The van der Waals surface area contributed by atoms with Gasteiger partial charge in [0.1, 0.15) is 5.82 Å². The maximum atomic E-state index is 13.0. The van der Waals surface area contributed by atoms with E-state index in [1.54, 1.807) is 0 Å². The number of benzene rings is 1. The molecule has 2 N–H and O–H groups in total. The van der Waals surface area contributed by atoms with E-state index in [1.807, 2.05) is 0 Å². The average molecular weight is 167 g/mol. The zero-order chi connectivity index (χ0) is 8.72. The highest BCUT2D eigenvalue weighted by Gasteiger charge is 2.29. The maximum absolute atomic E-state index is 13.0. The van der Waals surface area contributed by atoms with Gasteiger partial charge in [-0.15, -0.1) is 0 Å². The number of hydrogen-bond acceptors (Lipinski definition) is 2. The van der Waals surface area contributed by atoms with Crippen LogP contribution in [0.25, 0.3) is 0 Å². The first kappa shape index (κ1) is 7.24. The van der Waals surface area contributed by atoms with Gasteiger partial charge in [-0.2, -0.15) is 0 Å². The zero-order valence-electron chi connectivity index (χ0n) is 6.04. The molecule has 0 aromatic heterocycles. The maximum Gasteiger partial charge on any atom is 0.254 e. The van der Waals surface area contributed by atoms with Gasteiger partial charge in [0.05, 0.1) is 5.56 Å². The minimum atomic E-state index is -1.20. The van der Waals surface area contributed by atoms with Crippen molar-refractivity contribution in [3.63, 3.8) is 0 Å². The van der Waals surface area contributed by atoms with Gasteiger partial charge in [-0.3, -0.25) is 4.79 Å². The number of rotatable bonds is 0. The lowest BCUT2D eigenvalue weighted by Gasteiger charge is -2.02. The second-order valence-electron chi connectivity index (χ2n) is 2.58. The highest BCUT2D eigenvalue weighted by molar-refractivity contribution is 5.98. The van der Waals surface area contributed by atoms with Crippen molar-refractivity contribution >= 4 is 5.91 Å². The Morgan fingerprint density at radius 3 is 2.92 bits per heavy atom. The molecule has 0 spiro atoms. The molecule has 1 amide bonds. The molecule has 62 valence electrons. The fourth-order valence-corrected chi connectivity index (χ4v) is 1.29. The van der Waals surface area contributed by atoms with Gasteiger partial charge in [0.25, 0.3) is 5.91 Å². The lowest BCUT2D eigenvalue weighted by molar-refractivity contribution is 0.0847. The Morgan fingerprint density at radius 1 is 1.50 bits per heavy atom. The van der Waals surface area contributed by atoms with Crippen molar-refractivity contribution in [3.05, 3.63) is 35.1 Å². The molecule has 1 aromatic rings. The summed E-state index contributed by atoms with van der Waals surface area (Å²) in [5.74, 6) is -0.990. The van der Waals surface area contributed by atoms with Crippen LogP contribution in [0.5, 0.6) is 0 Å². The Morgan fingerprint density at radius 2 is 2.25 bits per heavy atom. The third-order valence-corrected chi connectivity index (χ3v) is 1.84. The van der Waals surface area contributed by atoms with Gasteiger partial charge in [0.15, 0.2) is 6.23 Å². The van der Waals surface area contributed by atoms with Crippen LogP contribution in [0.3, 0.4) is 0 Å². The molecule has 12 heavy (non-hydrogen) atoms. The fraction of sp³-hybridized carbons (Fsp3) is 0.125. The van der Waals surface area contributed by atoms with Crippen molar-refractivity contribution < 1.29 is 14.3 Å². The predicted octanol–water partition coefficient (Wildman–Crippen LogP) is 0.560. The Balaban J connectivity index is 2.67. The molecule has 1 aromatic carbocycles. The normalized spacial score (nSPS) is 20.5. The van der Waals surface area contributed by atoms with Gasteiger partial charge in [0.2, 0.25) is 0 Å². The van der Waals surface area contributed by atoms with Crippen LogP contribution in [0, 0.1) is 5.82 Å². The summed E-state index contributed by atoms with van der Waals surface area (Å²) >= 11 is 0. The van der Waals surface area contributed by atoms with E-state index in [4.69, 9.17) is 5.11 Å². The van der Waals surface area contributed by atoms with Crippen LogP contribution >= 0.6 is 0 Å². The van der Waals surface area contributed by atoms with Crippen molar-refractivity contribution in [2.75, 3.05) is 0 Å². The number of aliphatic hydroxyl groups is 1. The predicted molar refractivity (Wildman–Crippen MR) is 38.8 cm³/mol. The van der Waals surface area contributed by atoms with Crippen molar-refractivity contribution in [1.82, 2.24) is 5.32 Å². The van der Waals surface area contributed by atoms with Crippen LogP contribution in [-0.2, 0) is 0 Å². The molecule has 0 bridgehead atoms. The molecule has 0 saturated carbocycles. The zero-order valence-corrected chi connectivity index (χ0v) is 6.04. The van der Waals surface area contributed by atoms with Gasteiger partial charge < -0.3 is 10.4 Å². The molecule has 1 aliphatic heterocycles. The number of amides is 1. The summed E-state index contributed by atoms with van der Waals surface area (Å²) in [5.41, 5.74) is 0.255. The van der Waals surface area contributed by atoms with E-state index in [1.165, 1.54) is 18.2 Å². The minimum Gasteiger partial charge on any atom is -0.369 e. The lowest BCUT2D eigenvalue weighted by Crippen LogP contribution is -2.18. The van der Waals surface area contributed by atoms with Crippen LogP contribution in [0.15, 0.2) is 18.2 Å². The molecule has 0 fully saturated rings. The number of nitrogens with one attached hydrogen (secondary N) is 1. The summed E-state index contributed by atoms with van der Waals surface area (Å²) in [7, 11) is 0. The Kier molecular flexibility index (Phi) is 1.38. The highest BCUT2D eigenvalue weighted by Crippen LogP contribution is 2.25. The second kappa shape index (κ2) is 2.28. The molecule has 1 unspecified atom stereocenters. The topological polar surface area (TPSA) is 49.3 Å². The van der Waals surface area contributed by atoms with Crippen molar-refractivity contribution in [3.8, 4) is 0 Å². The van der Waals surface area contributed by atoms with Gasteiger partial charge in [-0.05, 0) is 12.1 Å². The lowest BCUT2D eigenvalue weighted by atomic mass is 10.1. The number of fused-ring (bicyclic) bond motifs is 1. The molecule has 3 nitrogen and oxygen atoms in total. The van der Waals surface area contributed by atoms with Crippen molar-refractivity contribution in [2.24, 2.45) is 0 Å². The molecule has 1 atom stereocenters. The summed E-state index contributed by atoms with van der Waals surface area (Å²) in [5, 5.41) is 11.4. The number of carbonyl (C=O) groups excluding carboxylic acids is 1. The molecule has 0 saturated heterocycles. The molecule has 1 heterocycles. The summed E-state index contributed by atoms with van der Waals surface area (Å²) in [4.78, 5) is 11.0. The SMILES string of the molecule is O=C1NC(O)c2c(F)cccc21. The largest absolute Gasteiger partial charge is 0.369 e. The first-order valence-electron chi connectivity index (χ1n) is 3.47. The first-order chi connectivity index (χ1) is 5.70. The summed E-state index contributed by atoms with van der Waals surface area (Å²) in [6.45, 7) is 0. The number of aliphatic hydroxyl groups excluding tert-OH is 1. The Labute approximate surface area is 67.8 Å². The molecular formula is C8H6FNO2. The number of halogens is 1. The van der Waals surface area contributed by atoms with Crippen molar-refractivity contribution in [1.29, 1.82) is 0 Å². The van der Waals surface area contributed by atoms with Crippen LogP contribution in [0.4, 0.5) is 4.39 Å². The average Bonchev–Trinajstić information content (AvgIpc) is 2.29. The molecule has 0 aliphatic carbocycles. The van der Waals surface area contributed by atoms with E-state index in [0.29, 0.717) is 0 Å². The Hall–Kier alpha value is -1.42. The second-order valence-corrected chi connectivity index (χ2v) is 2.58. The fourth-order valence-electron chi connectivity index (χ4n) is 1.29. The van der Waals surface area contributed by atoms with Crippen LogP contribution in [-0.4, -0.2) is 11.0 Å². The summed E-state index contributed by atoms with van der Waals surface area (Å²) < 4.78 is 13.0. The Bertz CT molecular complexity index is 351. The third-order valence-electron chi connectivity index (χ3n) is 1.84. The molecule has 0 radical (unpaired) electrons. The van der Waals surface area contributed by atoms with Gasteiger partial charge in [-0.25, -0.2) is 4.39 Å². The molecular weight excluding hydrogens is 161 g/mol. The van der Waals surface area contributed by atoms with E-state index in [-0.39, 0.29) is 11.1 Å². The van der Waals surface area contributed by atoms with Crippen LogP contribution < -0.4 is 5.32 Å². The minimum absolute atomic E-state index is 0.0440. The third kappa shape index (κ3) is 0.816. The molecule has 4 heteroatoms. The van der Waals surface area contributed by atoms with E-state index < -0.39 is 18.0 Å². The standard InChI is InChI=1S/C8H6FNO2/c9-5-3-1-2-4-6(5)8(12)10-7(4)11/h1-3,8,12H,(H,10,11). The number of carbonyl (C=O) groups is 1. The summed E-state index contributed by atoms with van der Waals surface area (Å²) in [6.07, 6.45) is -1.20. The van der Waals surface area contributed by atoms with Gasteiger partial charge >= 0.3 is 0 Å². The molecule has 1 aliphatic rings. The van der Waals surface area contributed by atoms with Crippen molar-refractivity contribution in [2.45, 2.75) is 6.23 Å². The quantitative estimate of drug-likeness (QED) is 0.593. The summed E-state index contributed by atoms with van der Waals surface area (Å²) in [6, 6.07) is 4.12. The van der Waals surface area contributed by atoms with Gasteiger partial charge in [-0.1, -0.05) is 6.07 Å². The number of hydrogen-bond donors (Lipinski definition) is 2. The monoisotopic (exact) mass is 167 g/mol. The van der Waals surface area contributed by atoms with E-state index >= 15 is 0 Å². The van der Waals surface area contributed by atoms with E-state index in [0.717, 1.165) is 0 Å². The highest BCUT2D eigenvalue weighted by atomic mass is 19.1. The van der Waals surface area contributed by atoms with Crippen LogP contribution in [0.1, 0.15) is 22.1 Å².